The highest BCUT2D eigenvalue weighted by Crippen LogP contribution is 2.18. The molecular formula is C13H12N2S. The van der Waals surface area contributed by atoms with Crippen molar-refractivity contribution in [2.24, 2.45) is 0 Å². The zero-order chi connectivity index (χ0) is 10.8. The average molecular weight is 228 g/mol. The molecule has 2 N–H and O–H groups in total. The Morgan fingerprint density at radius 2 is 2.19 bits per heavy atom. The van der Waals surface area contributed by atoms with Crippen LogP contribution in [0.4, 0.5) is 5.69 Å². The second-order valence-electron chi connectivity index (χ2n) is 3.76. The first kappa shape index (κ1) is 9.48. The summed E-state index contributed by atoms with van der Waals surface area (Å²) in [6.07, 6.45) is 1.97. The molecule has 0 atom stereocenters. The summed E-state index contributed by atoms with van der Waals surface area (Å²) in [7, 11) is 0. The van der Waals surface area contributed by atoms with E-state index in [1.54, 1.807) is 11.3 Å². The lowest BCUT2D eigenvalue weighted by molar-refractivity contribution is 1.17. The summed E-state index contributed by atoms with van der Waals surface area (Å²) in [4.78, 5) is 3.22. The highest BCUT2D eigenvalue weighted by molar-refractivity contribution is 7.07. The third-order valence-electron chi connectivity index (χ3n) is 2.63. The van der Waals surface area contributed by atoms with Crippen molar-refractivity contribution >= 4 is 27.9 Å². The molecule has 2 aromatic heterocycles. The molecule has 0 aliphatic carbocycles. The summed E-state index contributed by atoms with van der Waals surface area (Å²) < 4.78 is 0. The molecule has 80 valence electrons. The Labute approximate surface area is 97.9 Å². The minimum absolute atomic E-state index is 0.885. The minimum atomic E-state index is 0.885. The van der Waals surface area contributed by atoms with Crippen LogP contribution in [0.15, 0.2) is 47.3 Å². The molecule has 0 aliphatic rings. The Morgan fingerprint density at radius 1 is 1.19 bits per heavy atom. The van der Waals surface area contributed by atoms with E-state index < -0.39 is 0 Å². The topological polar surface area (TPSA) is 27.8 Å². The van der Waals surface area contributed by atoms with Crippen molar-refractivity contribution in [3.8, 4) is 0 Å². The van der Waals surface area contributed by atoms with Gasteiger partial charge in [0.15, 0.2) is 0 Å². The lowest BCUT2D eigenvalue weighted by Crippen LogP contribution is -1.97. The van der Waals surface area contributed by atoms with Gasteiger partial charge in [0.1, 0.15) is 0 Å². The fraction of sp³-hybridized carbons (Fsp3) is 0.0769. The van der Waals surface area contributed by atoms with Crippen LogP contribution in [0.3, 0.4) is 0 Å². The van der Waals surface area contributed by atoms with Crippen molar-refractivity contribution in [2.75, 3.05) is 5.32 Å². The molecule has 16 heavy (non-hydrogen) atoms. The fourth-order valence-corrected chi connectivity index (χ4v) is 2.42. The van der Waals surface area contributed by atoms with Crippen molar-refractivity contribution in [3.05, 3.63) is 52.9 Å². The van der Waals surface area contributed by atoms with Crippen LogP contribution in [0.5, 0.6) is 0 Å². The van der Waals surface area contributed by atoms with Gasteiger partial charge in [-0.25, -0.2) is 0 Å². The largest absolute Gasteiger partial charge is 0.381 e. The van der Waals surface area contributed by atoms with E-state index >= 15 is 0 Å². The maximum Gasteiger partial charge on any atom is 0.0474 e. The summed E-state index contributed by atoms with van der Waals surface area (Å²) in [5.41, 5.74) is 3.66. The zero-order valence-corrected chi connectivity index (χ0v) is 9.55. The molecular weight excluding hydrogens is 216 g/mol. The van der Waals surface area contributed by atoms with Crippen LogP contribution in [0.25, 0.3) is 10.9 Å². The van der Waals surface area contributed by atoms with Crippen LogP contribution < -0.4 is 5.32 Å². The minimum Gasteiger partial charge on any atom is -0.381 e. The smallest absolute Gasteiger partial charge is 0.0474 e. The third-order valence-corrected chi connectivity index (χ3v) is 3.36. The number of rotatable bonds is 3. The lowest BCUT2D eigenvalue weighted by atomic mass is 10.2. The summed E-state index contributed by atoms with van der Waals surface area (Å²) in [6.45, 7) is 0.885. The number of hydrogen-bond acceptors (Lipinski definition) is 2. The van der Waals surface area contributed by atoms with Crippen LogP contribution in [0.1, 0.15) is 5.56 Å². The second-order valence-corrected chi connectivity index (χ2v) is 4.54. The second kappa shape index (κ2) is 4.02. The first-order valence-corrected chi connectivity index (χ1v) is 6.18. The van der Waals surface area contributed by atoms with Gasteiger partial charge in [-0.15, -0.1) is 0 Å². The van der Waals surface area contributed by atoms with Gasteiger partial charge in [0.05, 0.1) is 0 Å². The van der Waals surface area contributed by atoms with E-state index in [0.29, 0.717) is 0 Å². The van der Waals surface area contributed by atoms with E-state index in [2.05, 4.69) is 51.4 Å². The molecule has 1 aromatic carbocycles. The van der Waals surface area contributed by atoms with Gasteiger partial charge in [-0.05, 0) is 46.0 Å². The fourth-order valence-electron chi connectivity index (χ4n) is 1.76. The highest BCUT2D eigenvalue weighted by Gasteiger charge is 1.97. The molecule has 0 amide bonds. The van der Waals surface area contributed by atoms with E-state index in [4.69, 9.17) is 0 Å². The Kier molecular flexibility index (Phi) is 2.38. The lowest BCUT2D eigenvalue weighted by Gasteiger charge is -2.04. The van der Waals surface area contributed by atoms with Crippen LogP contribution in [-0.4, -0.2) is 4.98 Å². The highest BCUT2D eigenvalue weighted by atomic mass is 32.1. The standard InChI is InChI=1S/C13H12N2S/c1-2-12(7-13-11(1)3-5-14-13)15-8-10-4-6-16-9-10/h1-7,9,14-15H,8H2. The molecule has 0 spiro atoms. The predicted octanol–water partition coefficient (Wildman–Crippen LogP) is 3.84. The number of aromatic nitrogens is 1. The molecule has 0 saturated carbocycles. The number of H-pyrrole nitrogens is 1. The van der Waals surface area contributed by atoms with Crippen molar-refractivity contribution in [3.63, 3.8) is 0 Å². The van der Waals surface area contributed by atoms with Crippen LogP contribution >= 0.6 is 11.3 Å². The van der Waals surface area contributed by atoms with E-state index in [0.717, 1.165) is 12.2 Å². The summed E-state index contributed by atoms with van der Waals surface area (Å²) in [6, 6.07) is 10.6. The maximum absolute atomic E-state index is 3.42. The average Bonchev–Trinajstić information content (AvgIpc) is 2.97. The van der Waals surface area contributed by atoms with Crippen LogP contribution in [-0.2, 0) is 6.54 Å². The van der Waals surface area contributed by atoms with Gasteiger partial charge in [-0.2, -0.15) is 11.3 Å². The zero-order valence-electron chi connectivity index (χ0n) is 8.73. The Hall–Kier alpha value is -1.74. The Balaban J connectivity index is 1.78. The van der Waals surface area contributed by atoms with E-state index in [-0.39, 0.29) is 0 Å². The summed E-state index contributed by atoms with van der Waals surface area (Å²) in [5, 5.41) is 8.94. The van der Waals surface area contributed by atoms with Gasteiger partial charge in [0, 0.05) is 23.9 Å². The Bertz CT molecular complexity index is 581. The normalized spacial score (nSPS) is 10.8. The summed E-state index contributed by atoms with van der Waals surface area (Å²) >= 11 is 1.73. The molecule has 0 bridgehead atoms. The monoisotopic (exact) mass is 228 g/mol. The number of aromatic amines is 1. The van der Waals surface area contributed by atoms with Crippen molar-refractivity contribution in [1.29, 1.82) is 0 Å². The molecule has 0 unspecified atom stereocenters. The van der Waals surface area contributed by atoms with Gasteiger partial charge in [0.25, 0.3) is 0 Å². The SMILES string of the molecule is c1cc2ccc(NCc3ccsc3)cc2[nH]1. The van der Waals surface area contributed by atoms with Crippen molar-refractivity contribution in [2.45, 2.75) is 6.54 Å². The van der Waals surface area contributed by atoms with Gasteiger partial charge in [-0.3, -0.25) is 0 Å². The molecule has 0 radical (unpaired) electrons. The molecule has 0 aliphatic heterocycles. The van der Waals surface area contributed by atoms with Crippen LogP contribution in [0.2, 0.25) is 0 Å². The number of hydrogen-bond donors (Lipinski definition) is 2. The molecule has 2 heterocycles. The van der Waals surface area contributed by atoms with Gasteiger partial charge >= 0.3 is 0 Å². The van der Waals surface area contributed by atoms with Crippen LogP contribution in [0, 0.1) is 0 Å². The van der Waals surface area contributed by atoms with E-state index in [1.165, 1.54) is 16.5 Å². The number of benzene rings is 1. The Morgan fingerprint density at radius 3 is 3.06 bits per heavy atom. The molecule has 0 fully saturated rings. The number of nitrogens with one attached hydrogen (secondary N) is 2. The number of anilines is 1. The van der Waals surface area contributed by atoms with Crippen molar-refractivity contribution in [1.82, 2.24) is 4.98 Å². The molecule has 3 aromatic rings. The quantitative estimate of drug-likeness (QED) is 0.700. The molecule has 3 rings (SSSR count). The molecule has 0 saturated heterocycles. The van der Waals surface area contributed by atoms with E-state index in [1.807, 2.05) is 6.20 Å². The first-order chi connectivity index (χ1) is 7.92. The third kappa shape index (κ3) is 1.82. The van der Waals surface area contributed by atoms with E-state index in [9.17, 15) is 0 Å². The van der Waals surface area contributed by atoms with Crippen molar-refractivity contribution < 1.29 is 0 Å². The molecule has 3 heteroatoms. The summed E-state index contributed by atoms with van der Waals surface area (Å²) in [5.74, 6) is 0. The maximum atomic E-state index is 3.42. The van der Waals surface area contributed by atoms with Gasteiger partial charge < -0.3 is 10.3 Å². The predicted molar refractivity (Wildman–Crippen MR) is 69.9 cm³/mol. The van der Waals surface area contributed by atoms with Gasteiger partial charge in [-0.1, -0.05) is 6.07 Å². The number of fused-ring (bicyclic) bond motifs is 1. The van der Waals surface area contributed by atoms with Gasteiger partial charge in [0.2, 0.25) is 0 Å². The number of thiophene rings is 1. The first-order valence-electron chi connectivity index (χ1n) is 5.24. The molecule has 2 nitrogen and oxygen atoms in total.